The SMILES string of the molecule is O=C(O)/C(=C\c1cccc(-c2ccccn2)c1)NC(=O)c1ccccc1. The Hall–Kier alpha value is -3.73. The van der Waals surface area contributed by atoms with Gasteiger partial charge in [0.15, 0.2) is 0 Å². The van der Waals surface area contributed by atoms with Crippen LogP contribution in [0.1, 0.15) is 15.9 Å². The highest BCUT2D eigenvalue weighted by Gasteiger charge is 2.13. The quantitative estimate of drug-likeness (QED) is 0.693. The fourth-order valence-corrected chi connectivity index (χ4v) is 2.42. The van der Waals surface area contributed by atoms with E-state index < -0.39 is 11.9 Å². The molecule has 1 amide bonds. The molecule has 0 saturated carbocycles. The van der Waals surface area contributed by atoms with Crippen LogP contribution < -0.4 is 5.32 Å². The summed E-state index contributed by atoms with van der Waals surface area (Å²) < 4.78 is 0. The molecule has 0 fully saturated rings. The van der Waals surface area contributed by atoms with E-state index in [4.69, 9.17) is 0 Å². The molecule has 0 saturated heterocycles. The molecule has 0 atom stereocenters. The molecule has 0 aliphatic heterocycles. The van der Waals surface area contributed by atoms with Crippen LogP contribution in [-0.4, -0.2) is 22.0 Å². The number of nitrogens with zero attached hydrogens (tertiary/aromatic N) is 1. The summed E-state index contributed by atoms with van der Waals surface area (Å²) >= 11 is 0. The molecular weight excluding hydrogens is 328 g/mol. The number of aliphatic carboxylic acids is 1. The molecule has 2 N–H and O–H groups in total. The van der Waals surface area contributed by atoms with Crippen molar-refractivity contribution in [3.05, 3.63) is 95.8 Å². The maximum Gasteiger partial charge on any atom is 0.352 e. The van der Waals surface area contributed by atoms with Crippen molar-refractivity contribution in [2.75, 3.05) is 0 Å². The highest BCUT2D eigenvalue weighted by atomic mass is 16.4. The number of benzene rings is 2. The molecule has 128 valence electrons. The predicted octanol–water partition coefficient (Wildman–Crippen LogP) is 3.60. The van der Waals surface area contributed by atoms with Gasteiger partial charge in [-0.1, -0.05) is 42.5 Å². The standard InChI is InChI=1S/C21H16N2O3/c24-20(16-8-2-1-3-9-16)23-19(21(25)26)14-15-7-6-10-17(13-15)18-11-4-5-12-22-18/h1-14H,(H,23,24)(H,25,26)/b19-14+. The van der Waals surface area contributed by atoms with E-state index in [1.165, 1.54) is 6.08 Å². The van der Waals surface area contributed by atoms with Crippen LogP contribution in [0.4, 0.5) is 0 Å². The molecule has 0 aliphatic rings. The molecule has 0 spiro atoms. The van der Waals surface area contributed by atoms with E-state index in [1.54, 1.807) is 42.6 Å². The zero-order valence-corrected chi connectivity index (χ0v) is 13.8. The van der Waals surface area contributed by atoms with Crippen molar-refractivity contribution in [3.63, 3.8) is 0 Å². The fraction of sp³-hybridized carbons (Fsp3) is 0. The Morgan fingerprint density at radius 3 is 2.38 bits per heavy atom. The summed E-state index contributed by atoms with van der Waals surface area (Å²) in [5, 5.41) is 11.9. The van der Waals surface area contributed by atoms with E-state index in [0.717, 1.165) is 11.3 Å². The Bertz CT molecular complexity index is 951. The number of hydrogen-bond acceptors (Lipinski definition) is 3. The van der Waals surface area contributed by atoms with Crippen LogP contribution in [-0.2, 0) is 4.79 Å². The molecule has 1 aromatic heterocycles. The van der Waals surface area contributed by atoms with Gasteiger partial charge in [0, 0.05) is 17.3 Å². The van der Waals surface area contributed by atoms with Crippen molar-refractivity contribution in [1.29, 1.82) is 0 Å². The van der Waals surface area contributed by atoms with Gasteiger partial charge >= 0.3 is 5.97 Å². The van der Waals surface area contributed by atoms with Crippen LogP contribution in [0.2, 0.25) is 0 Å². The highest BCUT2D eigenvalue weighted by Crippen LogP contribution is 2.19. The van der Waals surface area contributed by atoms with Gasteiger partial charge in [-0.15, -0.1) is 0 Å². The van der Waals surface area contributed by atoms with E-state index >= 15 is 0 Å². The zero-order valence-electron chi connectivity index (χ0n) is 13.8. The van der Waals surface area contributed by atoms with Gasteiger partial charge in [0.1, 0.15) is 5.70 Å². The minimum atomic E-state index is -1.21. The molecule has 0 unspecified atom stereocenters. The second kappa shape index (κ2) is 7.90. The van der Waals surface area contributed by atoms with E-state index in [0.29, 0.717) is 11.1 Å². The van der Waals surface area contributed by atoms with Crippen LogP contribution in [0.15, 0.2) is 84.7 Å². The lowest BCUT2D eigenvalue weighted by molar-refractivity contribution is -0.132. The zero-order chi connectivity index (χ0) is 18.4. The number of rotatable bonds is 5. The topological polar surface area (TPSA) is 79.3 Å². The molecule has 5 heteroatoms. The number of carbonyl (C=O) groups excluding carboxylic acids is 1. The van der Waals surface area contributed by atoms with E-state index in [2.05, 4.69) is 10.3 Å². The first kappa shape index (κ1) is 17.1. The molecule has 0 aliphatic carbocycles. The van der Waals surface area contributed by atoms with Crippen LogP contribution in [0.3, 0.4) is 0 Å². The number of hydrogen-bond donors (Lipinski definition) is 2. The van der Waals surface area contributed by atoms with Crippen molar-refractivity contribution in [2.45, 2.75) is 0 Å². The number of pyridine rings is 1. The first-order valence-electron chi connectivity index (χ1n) is 7.96. The third-order valence-corrected chi connectivity index (χ3v) is 3.67. The molecular formula is C21H16N2O3. The molecule has 26 heavy (non-hydrogen) atoms. The number of amides is 1. The Balaban J connectivity index is 1.88. The van der Waals surface area contributed by atoms with Gasteiger partial charge in [0.25, 0.3) is 5.91 Å². The van der Waals surface area contributed by atoms with Gasteiger partial charge in [-0.2, -0.15) is 0 Å². The molecule has 3 aromatic rings. The third kappa shape index (κ3) is 4.21. The van der Waals surface area contributed by atoms with Crippen molar-refractivity contribution >= 4 is 18.0 Å². The minimum Gasteiger partial charge on any atom is -0.477 e. The van der Waals surface area contributed by atoms with Crippen LogP contribution in [0.5, 0.6) is 0 Å². The average Bonchev–Trinajstić information content (AvgIpc) is 2.69. The lowest BCUT2D eigenvalue weighted by Gasteiger charge is -2.07. The fourth-order valence-electron chi connectivity index (χ4n) is 2.42. The summed E-state index contributed by atoms with van der Waals surface area (Å²) in [5.41, 5.74) is 2.49. The Labute approximate surface area is 150 Å². The highest BCUT2D eigenvalue weighted by molar-refractivity contribution is 6.02. The monoisotopic (exact) mass is 344 g/mol. The van der Waals surface area contributed by atoms with Crippen molar-refractivity contribution in [2.24, 2.45) is 0 Å². The van der Waals surface area contributed by atoms with E-state index in [-0.39, 0.29) is 5.70 Å². The van der Waals surface area contributed by atoms with Crippen molar-refractivity contribution < 1.29 is 14.7 Å². The number of aromatic nitrogens is 1. The minimum absolute atomic E-state index is 0.197. The summed E-state index contributed by atoms with van der Waals surface area (Å²) in [6, 6.07) is 21.3. The number of carboxylic acids is 1. The molecule has 2 aromatic carbocycles. The van der Waals surface area contributed by atoms with Gasteiger partial charge in [0.2, 0.25) is 0 Å². The second-order valence-electron chi connectivity index (χ2n) is 5.52. The van der Waals surface area contributed by atoms with Gasteiger partial charge in [0.05, 0.1) is 5.69 Å². The van der Waals surface area contributed by atoms with Gasteiger partial charge in [-0.3, -0.25) is 9.78 Å². The molecule has 5 nitrogen and oxygen atoms in total. The van der Waals surface area contributed by atoms with Crippen LogP contribution >= 0.6 is 0 Å². The summed E-state index contributed by atoms with van der Waals surface area (Å²) in [6.07, 6.45) is 3.12. The summed E-state index contributed by atoms with van der Waals surface area (Å²) in [6.45, 7) is 0. The van der Waals surface area contributed by atoms with E-state index in [1.807, 2.05) is 36.4 Å². The van der Waals surface area contributed by atoms with E-state index in [9.17, 15) is 14.7 Å². The summed E-state index contributed by atoms with van der Waals surface area (Å²) in [5.74, 6) is -1.68. The first-order valence-corrected chi connectivity index (χ1v) is 7.96. The second-order valence-corrected chi connectivity index (χ2v) is 5.52. The third-order valence-electron chi connectivity index (χ3n) is 3.67. The Morgan fingerprint density at radius 1 is 0.923 bits per heavy atom. The number of nitrogens with one attached hydrogen (secondary N) is 1. The van der Waals surface area contributed by atoms with Gasteiger partial charge in [-0.25, -0.2) is 4.79 Å². The van der Waals surface area contributed by atoms with Gasteiger partial charge < -0.3 is 10.4 Å². The summed E-state index contributed by atoms with van der Waals surface area (Å²) in [7, 11) is 0. The lowest BCUT2D eigenvalue weighted by atomic mass is 10.1. The largest absolute Gasteiger partial charge is 0.477 e. The molecule has 3 rings (SSSR count). The Morgan fingerprint density at radius 2 is 1.69 bits per heavy atom. The maximum atomic E-state index is 12.2. The van der Waals surface area contributed by atoms with Crippen LogP contribution in [0.25, 0.3) is 17.3 Å². The maximum absolute atomic E-state index is 12.2. The molecule has 0 radical (unpaired) electrons. The molecule has 1 heterocycles. The number of carbonyl (C=O) groups is 2. The normalized spacial score (nSPS) is 11.0. The van der Waals surface area contributed by atoms with Crippen molar-refractivity contribution in [1.82, 2.24) is 10.3 Å². The number of carboxylic acid groups (broad SMARTS) is 1. The first-order chi connectivity index (χ1) is 12.6. The van der Waals surface area contributed by atoms with Crippen molar-refractivity contribution in [3.8, 4) is 11.3 Å². The molecule has 0 bridgehead atoms. The Kier molecular flexibility index (Phi) is 5.19. The average molecular weight is 344 g/mol. The smallest absolute Gasteiger partial charge is 0.352 e. The van der Waals surface area contributed by atoms with Gasteiger partial charge in [-0.05, 0) is 42.0 Å². The predicted molar refractivity (Wildman–Crippen MR) is 99.2 cm³/mol. The summed E-state index contributed by atoms with van der Waals surface area (Å²) in [4.78, 5) is 28.0. The lowest BCUT2D eigenvalue weighted by Crippen LogP contribution is -2.27. The van der Waals surface area contributed by atoms with Crippen LogP contribution in [0, 0.1) is 0 Å².